The highest BCUT2D eigenvalue weighted by Crippen LogP contribution is 2.23. The summed E-state index contributed by atoms with van der Waals surface area (Å²) in [7, 11) is 0. The van der Waals surface area contributed by atoms with Crippen LogP contribution in [0, 0.1) is 0 Å². The number of imide groups is 2. The summed E-state index contributed by atoms with van der Waals surface area (Å²) in [6.45, 7) is 3.03. The summed E-state index contributed by atoms with van der Waals surface area (Å²) in [4.78, 5) is 59.9. The van der Waals surface area contributed by atoms with Gasteiger partial charge in [0, 0.05) is 18.9 Å². The van der Waals surface area contributed by atoms with Crippen molar-refractivity contribution in [2.45, 2.75) is 39.2 Å². The molecular weight excluding hydrogens is 354 g/mol. The molecule has 0 saturated carbocycles. The normalized spacial score (nSPS) is 14.7. The Balaban J connectivity index is 1.92. The van der Waals surface area contributed by atoms with Gasteiger partial charge in [0.25, 0.3) is 5.91 Å². The Morgan fingerprint density at radius 2 is 1.85 bits per heavy atom. The number of hydrogen-bond donors (Lipinski definition) is 2. The summed E-state index contributed by atoms with van der Waals surface area (Å²) in [5.74, 6) is -2.26. The zero-order valence-electron chi connectivity index (χ0n) is 15.1. The third kappa shape index (κ3) is 5.37. The van der Waals surface area contributed by atoms with Gasteiger partial charge >= 0.3 is 12.0 Å². The smallest absolute Gasteiger partial charge is 0.338 e. The molecule has 0 bridgehead atoms. The maximum Gasteiger partial charge on any atom is 0.338 e. The Morgan fingerprint density at radius 3 is 2.48 bits per heavy atom. The van der Waals surface area contributed by atoms with Crippen molar-refractivity contribution < 1.29 is 28.7 Å². The van der Waals surface area contributed by atoms with E-state index in [9.17, 15) is 24.0 Å². The molecule has 1 aromatic rings. The number of benzene rings is 1. The van der Waals surface area contributed by atoms with Crippen LogP contribution in [-0.2, 0) is 19.1 Å². The van der Waals surface area contributed by atoms with Crippen molar-refractivity contribution in [3.8, 4) is 0 Å². The second kappa shape index (κ2) is 8.93. The van der Waals surface area contributed by atoms with Gasteiger partial charge in [0.05, 0.1) is 11.3 Å². The summed E-state index contributed by atoms with van der Waals surface area (Å²) in [5.41, 5.74) is 0.353. The van der Waals surface area contributed by atoms with Crippen molar-refractivity contribution in [2.75, 3.05) is 11.5 Å². The van der Waals surface area contributed by atoms with E-state index in [1.165, 1.54) is 24.3 Å². The number of amides is 5. The fraction of sp³-hybridized carbons (Fsp3) is 0.389. The maximum atomic E-state index is 12.1. The molecule has 1 aromatic carbocycles. The second-order valence-corrected chi connectivity index (χ2v) is 6.08. The van der Waals surface area contributed by atoms with E-state index in [1.54, 1.807) is 6.92 Å². The Kier molecular flexibility index (Phi) is 6.64. The molecule has 1 saturated heterocycles. The first-order valence-corrected chi connectivity index (χ1v) is 8.55. The second-order valence-electron chi connectivity index (χ2n) is 6.08. The zero-order chi connectivity index (χ0) is 20.0. The molecule has 1 heterocycles. The first-order chi connectivity index (χ1) is 12.8. The van der Waals surface area contributed by atoms with Crippen LogP contribution in [0.25, 0.3) is 0 Å². The number of carbonyl (C=O) groups excluding carboxylic acids is 5. The van der Waals surface area contributed by atoms with Crippen LogP contribution >= 0.6 is 0 Å². The van der Waals surface area contributed by atoms with Gasteiger partial charge in [0.2, 0.25) is 11.8 Å². The molecule has 1 fully saturated rings. The van der Waals surface area contributed by atoms with Crippen LogP contribution in [-0.4, -0.2) is 42.4 Å². The van der Waals surface area contributed by atoms with Crippen molar-refractivity contribution in [1.29, 1.82) is 0 Å². The van der Waals surface area contributed by atoms with Gasteiger partial charge < -0.3 is 10.1 Å². The van der Waals surface area contributed by atoms with Gasteiger partial charge in [0.15, 0.2) is 6.61 Å². The van der Waals surface area contributed by atoms with Crippen molar-refractivity contribution >= 4 is 35.4 Å². The van der Waals surface area contributed by atoms with Crippen LogP contribution in [0.4, 0.5) is 10.5 Å². The van der Waals surface area contributed by atoms with Gasteiger partial charge in [-0.15, -0.1) is 0 Å². The highest BCUT2D eigenvalue weighted by atomic mass is 16.5. The number of esters is 1. The minimum atomic E-state index is -0.812. The number of hydrogen-bond acceptors (Lipinski definition) is 6. The van der Waals surface area contributed by atoms with Gasteiger partial charge in [-0.05, 0) is 31.5 Å². The summed E-state index contributed by atoms with van der Waals surface area (Å²) >= 11 is 0. The maximum absolute atomic E-state index is 12.1. The van der Waals surface area contributed by atoms with Gasteiger partial charge in [-0.3, -0.25) is 24.6 Å². The fourth-order valence-electron chi connectivity index (χ4n) is 2.38. The molecule has 9 nitrogen and oxygen atoms in total. The van der Waals surface area contributed by atoms with Crippen molar-refractivity contribution in [1.82, 2.24) is 10.6 Å². The first-order valence-electron chi connectivity index (χ1n) is 8.55. The van der Waals surface area contributed by atoms with E-state index in [-0.39, 0.29) is 41.9 Å². The molecule has 1 aliphatic rings. The lowest BCUT2D eigenvalue weighted by atomic mass is 10.2. The van der Waals surface area contributed by atoms with Gasteiger partial charge in [-0.1, -0.05) is 13.0 Å². The highest BCUT2D eigenvalue weighted by molar-refractivity contribution is 6.20. The van der Waals surface area contributed by atoms with E-state index in [2.05, 4.69) is 10.6 Å². The van der Waals surface area contributed by atoms with E-state index < -0.39 is 24.5 Å². The molecule has 5 amide bonds. The summed E-state index contributed by atoms with van der Waals surface area (Å²) in [6, 6.07) is 5.05. The monoisotopic (exact) mass is 375 g/mol. The Bertz CT molecular complexity index is 760. The third-order valence-corrected chi connectivity index (χ3v) is 3.97. The first kappa shape index (κ1) is 20.1. The van der Waals surface area contributed by atoms with Crippen LogP contribution in [0.5, 0.6) is 0 Å². The third-order valence-electron chi connectivity index (χ3n) is 3.97. The predicted molar refractivity (Wildman–Crippen MR) is 94.9 cm³/mol. The highest BCUT2D eigenvalue weighted by Gasteiger charge is 2.30. The van der Waals surface area contributed by atoms with Gasteiger partial charge in [-0.25, -0.2) is 9.59 Å². The molecule has 1 aliphatic heterocycles. The zero-order valence-corrected chi connectivity index (χ0v) is 15.1. The van der Waals surface area contributed by atoms with Crippen LogP contribution in [0.2, 0.25) is 0 Å². The van der Waals surface area contributed by atoms with Crippen LogP contribution < -0.4 is 15.5 Å². The summed E-state index contributed by atoms with van der Waals surface area (Å²) in [6.07, 6.45) is 0.966. The lowest BCUT2D eigenvalue weighted by Gasteiger charge is -2.14. The van der Waals surface area contributed by atoms with Gasteiger partial charge in [0.1, 0.15) is 0 Å². The summed E-state index contributed by atoms with van der Waals surface area (Å²) < 4.78 is 4.87. The Hall–Kier alpha value is -3.23. The number of nitrogens with one attached hydrogen (secondary N) is 2. The molecule has 0 spiro atoms. The number of rotatable bonds is 6. The number of urea groups is 1. The van der Waals surface area contributed by atoms with Crippen LogP contribution in [0.3, 0.4) is 0 Å². The molecule has 0 unspecified atom stereocenters. The summed E-state index contributed by atoms with van der Waals surface area (Å²) in [5, 5.41) is 4.60. The number of nitrogens with zero attached hydrogens (tertiary/aromatic N) is 1. The van der Waals surface area contributed by atoms with Crippen molar-refractivity contribution in [3.05, 3.63) is 29.8 Å². The molecule has 0 aromatic heterocycles. The Morgan fingerprint density at radius 1 is 1.19 bits per heavy atom. The topological polar surface area (TPSA) is 122 Å². The van der Waals surface area contributed by atoms with Gasteiger partial charge in [-0.2, -0.15) is 0 Å². The average Bonchev–Trinajstić information content (AvgIpc) is 2.97. The largest absolute Gasteiger partial charge is 0.452 e. The van der Waals surface area contributed by atoms with E-state index >= 15 is 0 Å². The van der Waals surface area contributed by atoms with Crippen molar-refractivity contribution in [3.63, 3.8) is 0 Å². The molecule has 1 atom stereocenters. The lowest BCUT2D eigenvalue weighted by molar-refractivity contribution is -0.123. The quantitative estimate of drug-likeness (QED) is 0.568. The molecule has 27 heavy (non-hydrogen) atoms. The minimum absolute atomic E-state index is 0.0804. The SMILES string of the molecule is CC[C@@H](C)NC(=O)NC(=O)COC(=O)c1cccc(N2C(=O)CCC2=O)c1. The molecule has 2 rings (SSSR count). The molecular formula is C18H21N3O6. The van der Waals surface area contributed by atoms with E-state index in [1.807, 2.05) is 6.92 Å². The minimum Gasteiger partial charge on any atom is -0.452 e. The number of anilines is 1. The van der Waals surface area contributed by atoms with Crippen LogP contribution in [0.1, 0.15) is 43.5 Å². The number of carbonyl (C=O) groups is 5. The van der Waals surface area contributed by atoms with Crippen molar-refractivity contribution in [2.24, 2.45) is 0 Å². The standard InChI is InChI=1S/C18H21N3O6/c1-3-11(2)19-18(26)20-14(22)10-27-17(25)12-5-4-6-13(9-12)21-15(23)7-8-16(21)24/h4-6,9,11H,3,7-8,10H2,1-2H3,(H2,19,20,22,26)/t11-/m1/s1. The fourth-order valence-corrected chi connectivity index (χ4v) is 2.38. The van der Waals surface area contributed by atoms with E-state index in [4.69, 9.17) is 4.74 Å². The van der Waals surface area contributed by atoms with E-state index in [0.717, 1.165) is 4.90 Å². The van der Waals surface area contributed by atoms with E-state index in [0.29, 0.717) is 6.42 Å². The molecule has 0 aliphatic carbocycles. The predicted octanol–water partition coefficient (Wildman–Crippen LogP) is 1.12. The molecule has 9 heteroatoms. The Labute approximate surface area is 156 Å². The molecule has 2 N–H and O–H groups in total. The molecule has 144 valence electrons. The average molecular weight is 375 g/mol. The lowest BCUT2D eigenvalue weighted by Crippen LogP contribution is -2.44. The van der Waals surface area contributed by atoms with Crippen LogP contribution in [0.15, 0.2) is 24.3 Å². The molecule has 0 radical (unpaired) electrons. The number of ether oxygens (including phenoxy) is 1.